The molecule has 3 aliphatic heterocycles. The van der Waals surface area contributed by atoms with E-state index in [4.69, 9.17) is 0 Å². The fourth-order valence-electron chi connectivity index (χ4n) is 4.27. The first-order valence-electron chi connectivity index (χ1n) is 9.22. The second kappa shape index (κ2) is 6.81. The van der Waals surface area contributed by atoms with Gasteiger partial charge in [0.15, 0.2) is 0 Å². The van der Waals surface area contributed by atoms with Crippen LogP contribution in [0.2, 0.25) is 0 Å². The average molecular weight is 356 g/mol. The molecule has 3 amide bonds. The summed E-state index contributed by atoms with van der Waals surface area (Å²) < 4.78 is 0. The van der Waals surface area contributed by atoms with Gasteiger partial charge in [-0.1, -0.05) is 18.2 Å². The van der Waals surface area contributed by atoms with Gasteiger partial charge in [0.05, 0.1) is 0 Å². The average Bonchev–Trinajstić information content (AvgIpc) is 3.20. The van der Waals surface area contributed by atoms with Gasteiger partial charge < -0.3 is 10.2 Å². The summed E-state index contributed by atoms with van der Waals surface area (Å²) in [5, 5.41) is 5.66. The standard InChI is InChI=1S/C19H24N4O3/c1-20-14-7-8-22(11-14)9-12-3-2-4-13-10-23(19(26)17(12)13)15-5-6-16(24)21-18(15)25/h2-4,14-15,20H,5-11H2,1H3,(H,21,24,25)/t14-,15?/m1/s1. The number of fused-ring (bicyclic) bond motifs is 1. The number of imide groups is 1. The van der Waals surface area contributed by atoms with Crippen molar-refractivity contribution in [3.05, 3.63) is 34.9 Å². The third kappa shape index (κ3) is 3.01. The Bertz CT molecular complexity index is 763. The van der Waals surface area contributed by atoms with E-state index in [1.807, 2.05) is 25.2 Å². The van der Waals surface area contributed by atoms with Crippen LogP contribution in [0, 0.1) is 0 Å². The summed E-state index contributed by atoms with van der Waals surface area (Å²) in [5.41, 5.74) is 2.74. The fourth-order valence-corrected chi connectivity index (χ4v) is 4.27. The van der Waals surface area contributed by atoms with Crippen LogP contribution in [-0.4, -0.2) is 59.7 Å². The van der Waals surface area contributed by atoms with Crippen molar-refractivity contribution >= 4 is 17.7 Å². The lowest BCUT2D eigenvalue weighted by Gasteiger charge is -2.29. The van der Waals surface area contributed by atoms with E-state index in [1.165, 1.54) is 0 Å². The molecule has 4 rings (SSSR count). The van der Waals surface area contributed by atoms with E-state index in [2.05, 4.69) is 15.5 Å². The summed E-state index contributed by atoms with van der Waals surface area (Å²) in [4.78, 5) is 40.6. The molecule has 2 N–H and O–H groups in total. The molecule has 7 heteroatoms. The van der Waals surface area contributed by atoms with Crippen molar-refractivity contribution in [2.45, 2.75) is 44.4 Å². The predicted octanol–water partition coefficient (Wildman–Crippen LogP) is 0.241. The normalized spacial score (nSPS) is 26.3. The Morgan fingerprint density at radius 3 is 2.81 bits per heavy atom. The topological polar surface area (TPSA) is 81.8 Å². The van der Waals surface area contributed by atoms with Crippen molar-refractivity contribution in [3.8, 4) is 0 Å². The van der Waals surface area contributed by atoms with Crippen molar-refractivity contribution in [2.24, 2.45) is 0 Å². The summed E-state index contributed by atoms with van der Waals surface area (Å²) in [5.74, 6) is -0.709. The minimum atomic E-state index is -0.555. The van der Waals surface area contributed by atoms with Gasteiger partial charge >= 0.3 is 0 Å². The SMILES string of the molecule is CN[C@@H]1CCN(Cc2cccc3c2C(=O)N(C2CCC(=O)NC2=O)C3)C1. The van der Waals surface area contributed by atoms with Crippen LogP contribution in [0.3, 0.4) is 0 Å². The first-order chi connectivity index (χ1) is 12.6. The first-order valence-corrected chi connectivity index (χ1v) is 9.22. The quantitative estimate of drug-likeness (QED) is 0.756. The number of hydrogen-bond acceptors (Lipinski definition) is 5. The molecule has 7 nitrogen and oxygen atoms in total. The number of nitrogens with one attached hydrogen (secondary N) is 2. The van der Waals surface area contributed by atoms with Gasteiger partial charge in [-0.25, -0.2) is 0 Å². The zero-order valence-corrected chi connectivity index (χ0v) is 15.0. The summed E-state index contributed by atoms with van der Waals surface area (Å²) in [6.45, 7) is 3.18. The van der Waals surface area contributed by atoms with Gasteiger partial charge in [-0.05, 0) is 31.0 Å². The number of likely N-dealkylation sites (tertiary alicyclic amines) is 1. The Morgan fingerprint density at radius 2 is 2.08 bits per heavy atom. The third-order valence-corrected chi connectivity index (χ3v) is 5.71. The second-order valence-electron chi connectivity index (χ2n) is 7.36. The van der Waals surface area contributed by atoms with Gasteiger partial charge in [-0.15, -0.1) is 0 Å². The molecule has 0 bridgehead atoms. The van der Waals surface area contributed by atoms with Crippen molar-refractivity contribution in [2.75, 3.05) is 20.1 Å². The molecule has 3 heterocycles. The summed E-state index contributed by atoms with van der Waals surface area (Å²) in [6.07, 6.45) is 1.79. The molecular weight excluding hydrogens is 332 g/mol. The number of rotatable bonds is 4. The van der Waals surface area contributed by atoms with Crippen LogP contribution in [0.1, 0.15) is 40.7 Å². The van der Waals surface area contributed by atoms with Crippen LogP contribution in [0.15, 0.2) is 18.2 Å². The number of nitrogens with zero attached hydrogens (tertiary/aromatic N) is 2. The summed E-state index contributed by atoms with van der Waals surface area (Å²) in [6, 6.07) is 5.91. The number of hydrogen-bond donors (Lipinski definition) is 2. The van der Waals surface area contributed by atoms with E-state index in [9.17, 15) is 14.4 Å². The smallest absolute Gasteiger partial charge is 0.255 e. The van der Waals surface area contributed by atoms with Crippen molar-refractivity contribution in [1.82, 2.24) is 20.4 Å². The summed E-state index contributed by atoms with van der Waals surface area (Å²) >= 11 is 0. The van der Waals surface area contributed by atoms with E-state index in [1.54, 1.807) is 4.90 Å². The molecule has 2 atom stereocenters. The minimum Gasteiger partial charge on any atom is -0.322 e. The van der Waals surface area contributed by atoms with Crippen molar-refractivity contribution in [3.63, 3.8) is 0 Å². The Balaban J connectivity index is 1.53. The number of carbonyl (C=O) groups is 3. The highest BCUT2D eigenvalue weighted by molar-refractivity contribution is 6.05. The van der Waals surface area contributed by atoms with Gasteiger partial charge in [-0.3, -0.25) is 24.6 Å². The molecule has 0 aliphatic carbocycles. The van der Waals surface area contributed by atoms with Crippen LogP contribution in [0.4, 0.5) is 0 Å². The first kappa shape index (κ1) is 17.2. The second-order valence-corrected chi connectivity index (χ2v) is 7.36. The molecule has 138 valence electrons. The van der Waals surface area contributed by atoms with Gasteiger partial charge in [0.25, 0.3) is 5.91 Å². The highest BCUT2D eigenvalue weighted by Gasteiger charge is 2.40. The fraction of sp³-hybridized carbons (Fsp3) is 0.526. The molecule has 2 saturated heterocycles. The number of carbonyl (C=O) groups excluding carboxylic acids is 3. The zero-order valence-electron chi connectivity index (χ0n) is 15.0. The van der Waals surface area contributed by atoms with Gasteiger partial charge in [0, 0.05) is 44.2 Å². The lowest BCUT2D eigenvalue weighted by atomic mass is 10.0. The monoisotopic (exact) mass is 356 g/mol. The lowest BCUT2D eigenvalue weighted by Crippen LogP contribution is -2.52. The summed E-state index contributed by atoms with van der Waals surface area (Å²) in [7, 11) is 1.98. The van der Waals surface area contributed by atoms with Gasteiger partial charge in [0.1, 0.15) is 6.04 Å². The largest absolute Gasteiger partial charge is 0.322 e. The van der Waals surface area contributed by atoms with E-state index in [0.29, 0.717) is 19.0 Å². The zero-order chi connectivity index (χ0) is 18.3. The number of benzene rings is 1. The molecule has 1 aromatic rings. The third-order valence-electron chi connectivity index (χ3n) is 5.71. The molecule has 1 unspecified atom stereocenters. The molecule has 0 aromatic heterocycles. The van der Waals surface area contributed by atoms with E-state index in [-0.39, 0.29) is 24.1 Å². The highest BCUT2D eigenvalue weighted by atomic mass is 16.2. The maximum Gasteiger partial charge on any atom is 0.255 e. The number of likely N-dealkylation sites (N-methyl/N-ethyl adjacent to an activating group) is 1. The molecule has 0 radical (unpaired) electrons. The van der Waals surface area contributed by atoms with Crippen LogP contribution >= 0.6 is 0 Å². The Morgan fingerprint density at radius 1 is 1.23 bits per heavy atom. The van der Waals surface area contributed by atoms with E-state index in [0.717, 1.165) is 42.7 Å². The Hall–Kier alpha value is -2.25. The maximum atomic E-state index is 13.1. The van der Waals surface area contributed by atoms with Crippen LogP contribution < -0.4 is 10.6 Å². The van der Waals surface area contributed by atoms with Crippen LogP contribution in [0.25, 0.3) is 0 Å². The van der Waals surface area contributed by atoms with Gasteiger partial charge in [0.2, 0.25) is 11.8 Å². The number of piperidine rings is 1. The molecule has 3 aliphatic rings. The molecule has 26 heavy (non-hydrogen) atoms. The molecule has 1 aromatic carbocycles. The molecule has 0 spiro atoms. The van der Waals surface area contributed by atoms with E-state index < -0.39 is 6.04 Å². The lowest BCUT2D eigenvalue weighted by molar-refractivity contribution is -0.136. The molecule has 0 saturated carbocycles. The van der Waals surface area contributed by atoms with Gasteiger partial charge in [-0.2, -0.15) is 0 Å². The molecular formula is C19H24N4O3. The minimum absolute atomic E-state index is 0.0885. The Labute approximate surface area is 152 Å². The molecule has 2 fully saturated rings. The predicted molar refractivity (Wildman–Crippen MR) is 95.2 cm³/mol. The Kier molecular flexibility index (Phi) is 4.50. The maximum absolute atomic E-state index is 13.1. The highest BCUT2D eigenvalue weighted by Crippen LogP contribution is 2.30. The van der Waals surface area contributed by atoms with Crippen molar-refractivity contribution in [1.29, 1.82) is 0 Å². The van der Waals surface area contributed by atoms with Crippen LogP contribution in [0.5, 0.6) is 0 Å². The van der Waals surface area contributed by atoms with Crippen molar-refractivity contribution < 1.29 is 14.4 Å². The number of amides is 3. The van der Waals surface area contributed by atoms with Crippen LogP contribution in [-0.2, 0) is 22.7 Å². The van der Waals surface area contributed by atoms with E-state index >= 15 is 0 Å².